The Balaban J connectivity index is 1.53. The van der Waals surface area contributed by atoms with E-state index in [4.69, 9.17) is 14.7 Å². The molecule has 1 aromatic carbocycles. The SMILES string of the molecule is N#Cc1cccc(OCCN2CCCC[C@H]2C(=O)N2CCOCC2)c1. The molecule has 0 aromatic heterocycles. The molecule has 3 rings (SSSR count). The summed E-state index contributed by atoms with van der Waals surface area (Å²) in [5, 5.41) is 8.95. The summed E-state index contributed by atoms with van der Waals surface area (Å²) in [6, 6.07) is 9.25. The first-order valence-corrected chi connectivity index (χ1v) is 9.01. The van der Waals surface area contributed by atoms with Crippen LogP contribution < -0.4 is 4.74 Å². The van der Waals surface area contributed by atoms with Crippen molar-refractivity contribution in [3.63, 3.8) is 0 Å². The summed E-state index contributed by atoms with van der Waals surface area (Å²) < 4.78 is 11.1. The van der Waals surface area contributed by atoms with Gasteiger partial charge in [-0.1, -0.05) is 12.5 Å². The predicted octanol–water partition coefficient (Wildman–Crippen LogP) is 1.65. The molecule has 1 aromatic rings. The van der Waals surface area contributed by atoms with Gasteiger partial charge in [0.25, 0.3) is 0 Å². The summed E-state index contributed by atoms with van der Waals surface area (Å²) in [6.07, 6.45) is 3.14. The Bertz CT molecular complexity index is 623. The minimum Gasteiger partial charge on any atom is -0.492 e. The average Bonchev–Trinajstić information content (AvgIpc) is 2.69. The topological polar surface area (TPSA) is 65.8 Å². The minimum absolute atomic E-state index is 0.0408. The lowest BCUT2D eigenvalue weighted by Crippen LogP contribution is -2.54. The Morgan fingerprint density at radius 1 is 1.28 bits per heavy atom. The fourth-order valence-corrected chi connectivity index (χ4v) is 3.47. The second-order valence-electron chi connectivity index (χ2n) is 6.47. The van der Waals surface area contributed by atoms with Gasteiger partial charge in [0.2, 0.25) is 5.91 Å². The number of amides is 1. The number of likely N-dealkylation sites (tertiary alicyclic amines) is 1. The normalized spacial score (nSPS) is 21.6. The monoisotopic (exact) mass is 343 g/mol. The van der Waals surface area contributed by atoms with Crippen molar-refractivity contribution in [2.75, 3.05) is 46.0 Å². The number of morpholine rings is 1. The zero-order valence-corrected chi connectivity index (χ0v) is 14.5. The van der Waals surface area contributed by atoms with Gasteiger partial charge in [-0.3, -0.25) is 9.69 Å². The van der Waals surface area contributed by atoms with Crippen molar-refractivity contribution in [2.24, 2.45) is 0 Å². The highest BCUT2D eigenvalue weighted by atomic mass is 16.5. The molecular formula is C19H25N3O3. The third kappa shape index (κ3) is 4.71. The first kappa shape index (κ1) is 17.7. The number of hydrogen-bond donors (Lipinski definition) is 0. The fraction of sp³-hybridized carbons (Fsp3) is 0.579. The highest BCUT2D eigenvalue weighted by molar-refractivity contribution is 5.82. The summed E-state index contributed by atoms with van der Waals surface area (Å²) in [4.78, 5) is 17.0. The molecular weight excluding hydrogens is 318 g/mol. The van der Waals surface area contributed by atoms with Crippen molar-refractivity contribution in [1.29, 1.82) is 5.26 Å². The molecule has 6 heteroatoms. The van der Waals surface area contributed by atoms with E-state index in [1.54, 1.807) is 12.1 Å². The molecule has 0 aliphatic carbocycles. The molecule has 0 unspecified atom stereocenters. The molecule has 134 valence electrons. The van der Waals surface area contributed by atoms with Crippen LogP contribution in [0.3, 0.4) is 0 Å². The maximum atomic E-state index is 12.8. The van der Waals surface area contributed by atoms with E-state index in [0.29, 0.717) is 44.2 Å². The molecule has 2 aliphatic rings. The summed E-state index contributed by atoms with van der Waals surface area (Å²) in [5.74, 6) is 0.932. The Kier molecular flexibility index (Phi) is 6.26. The predicted molar refractivity (Wildman–Crippen MR) is 93.3 cm³/mol. The molecule has 2 saturated heterocycles. The van der Waals surface area contributed by atoms with Crippen LogP contribution in [0.4, 0.5) is 0 Å². The van der Waals surface area contributed by atoms with Crippen LogP contribution in [0.25, 0.3) is 0 Å². The minimum atomic E-state index is -0.0408. The standard InChI is InChI=1S/C19H25N3O3/c20-15-16-4-3-5-17(14-16)25-13-10-21-7-2-1-6-18(21)19(23)22-8-11-24-12-9-22/h3-5,14,18H,1-2,6-13H2/t18-/m0/s1. The van der Waals surface area contributed by atoms with Gasteiger partial charge in [0.15, 0.2) is 0 Å². The lowest BCUT2D eigenvalue weighted by molar-refractivity contribution is -0.142. The quantitative estimate of drug-likeness (QED) is 0.813. The molecule has 0 saturated carbocycles. The van der Waals surface area contributed by atoms with E-state index >= 15 is 0 Å². The lowest BCUT2D eigenvalue weighted by Gasteiger charge is -2.38. The zero-order valence-electron chi connectivity index (χ0n) is 14.5. The molecule has 2 heterocycles. The lowest BCUT2D eigenvalue weighted by atomic mass is 10.0. The van der Waals surface area contributed by atoms with Crippen LogP contribution in [-0.4, -0.2) is 67.7 Å². The number of carbonyl (C=O) groups excluding carboxylic acids is 1. The molecule has 1 amide bonds. The van der Waals surface area contributed by atoms with Crippen LogP contribution in [0.2, 0.25) is 0 Å². The Hall–Kier alpha value is -2.10. The first-order chi connectivity index (χ1) is 12.3. The Labute approximate surface area is 148 Å². The molecule has 25 heavy (non-hydrogen) atoms. The van der Waals surface area contributed by atoms with Gasteiger partial charge in [-0.25, -0.2) is 0 Å². The number of ether oxygens (including phenoxy) is 2. The third-order valence-corrected chi connectivity index (χ3v) is 4.83. The summed E-state index contributed by atoms with van der Waals surface area (Å²) in [5.41, 5.74) is 0.593. The highest BCUT2D eigenvalue weighted by Crippen LogP contribution is 2.20. The first-order valence-electron chi connectivity index (χ1n) is 9.01. The second kappa shape index (κ2) is 8.84. The van der Waals surface area contributed by atoms with Gasteiger partial charge in [0.05, 0.1) is 30.9 Å². The Morgan fingerprint density at radius 2 is 2.12 bits per heavy atom. The van der Waals surface area contributed by atoms with Gasteiger partial charge in [-0.05, 0) is 37.6 Å². The van der Waals surface area contributed by atoms with Crippen molar-refractivity contribution in [2.45, 2.75) is 25.3 Å². The van der Waals surface area contributed by atoms with E-state index in [1.807, 2.05) is 17.0 Å². The highest BCUT2D eigenvalue weighted by Gasteiger charge is 2.32. The molecule has 6 nitrogen and oxygen atoms in total. The molecule has 2 aliphatic heterocycles. The van der Waals surface area contributed by atoms with Crippen LogP contribution in [0.5, 0.6) is 5.75 Å². The van der Waals surface area contributed by atoms with E-state index in [-0.39, 0.29) is 11.9 Å². The number of hydrogen-bond acceptors (Lipinski definition) is 5. The average molecular weight is 343 g/mol. The van der Waals surface area contributed by atoms with E-state index in [0.717, 1.165) is 32.4 Å². The molecule has 0 spiro atoms. The van der Waals surface area contributed by atoms with E-state index < -0.39 is 0 Å². The summed E-state index contributed by atoms with van der Waals surface area (Å²) in [6.45, 7) is 4.83. The summed E-state index contributed by atoms with van der Waals surface area (Å²) in [7, 11) is 0. The van der Waals surface area contributed by atoms with Gasteiger partial charge in [0.1, 0.15) is 12.4 Å². The third-order valence-electron chi connectivity index (χ3n) is 4.83. The maximum Gasteiger partial charge on any atom is 0.240 e. The van der Waals surface area contributed by atoms with Gasteiger partial charge >= 0.3 is 0 Å². The molecule has 0 radical (unpaired) electrons. The summed E-state index contributed by atoms with van der Waals surface area (Å²) >= 11 is 0. The maximum absolute atomic E-state index is 12.8. The largest absolute Gasteiger partial charge is 0.492 e. The molecule has 0 N–H and O–H groups in total. The fourth-order valence-electron chi connectivity index (χ4n) is 3.47. The van der Waals surface area contributed by atoms with Crippen molar-refractivity contribution in [1.82, 2.24) is 9.80 Å². The van der Waals surface area contributed by atoms with Gasteiger partial charge < -0.3 is 14.4 Å². The number of piperidine rings is 1. The van der Waals surface area contributed by atoms with Gasteiger partial charge in [0, 0.05) is 19.6 Å². The number of carbonyl (C=O) groups is 1. The second-order valence-corrected chi connectivity index (χ2v) is 6.47. The van der Waals surface area contributed by atoms with Gasteiger partial charge in [-0.15, -0.1) is 0 Å². The molecule has 0 bridgehead atoms. The number of nitrogens with zero attached hydrogens (tertiary/aromatic N) is 3. The number of rotatable bonds is 5. The van der Waals surface area contributed by atoms with E-state index in [1.165, 1.54) is 0 Å². The van der Waals surface area contributed by atoms with Crippen LogP contribution >= 0.6 is 0 Å². The smallest absolute Gasteiger partial charge is 0.240 e. The van der Waals surface area contributed by atoms with E-state index in [9.17, 15) is 4.79 Å². The van der Waals surface area contributed by atoms with Crippen molar-refractivity contribution < 1.29 is 14.3 Å². The molecule has 1 atom stereocenters. The number of benzene rings is 1. The van der Waals surface area contributed by atoms with Crippen LogP contribution in [0.1, 0.15) is 24.8 Å². The van der Waals surface area contributed by atoms with Crippen LogP contribution in [-0.2, 0) is 9.53 Å². The van der Waals surface area contributed by atoms with Crippen molar-refractivity contribution >= 4 is 5.91 Å². The zero-order chi connectivity index (χ0) is 17.5. The molecule has 2 fully saturated rings. The Morgan fingerprint density at radius 3 is 2.92 bits per heavy atom. The van der Waals surface area contributed by atoms with Gasteiger partial charge in [-0.2, -0.15) is 5.26 Å². The van der Waals surface area contributed by atoms with Crippen molar-refractivity contribution in [3.05, 3.63) is 29.8 Å². The number of nitriles is 1. The van der Waals surface area contributed by atoms with Crippen molar-refractivity contribution in [3.8, 4) is 11.8 Å². The van der Waals surface area contributed by atoms with Crippen LogP contribution in [0, 0.1) is 11.3 Å². The van der Waals surface area contributed by atoms with E-state index in [2.05, 4.69) is 11.0 Å². The van der Waals surface area contributed by atoms with Crippen LogP contribution in [0.15, 0.2) is 24.3 Å².